The average Bonchev–Trinajstić information content (AvgIpc) is 3.18. The van der Waals surface area contributed by atoms with Crippen molar-refractivity contribution < 1.29 is 4.79 Å². The van der Waals surface area contributed by atoms with Gasteiger partial charge < -0.3 is 4.57 Å². The van der Waals surface area contributed by atoms with Crippen molar-refractivity contribution in [2.24, 2.45) is 0 Å². The van der Waals surface area contributed by atoms with E-state index in [4.69, 9.17) is 0 Å². The molecule has 0 aliphatic rings. The minimum absolute atomic E-state index is 0.0890. The second-order valence-electron chi connectivity index (χ2n) is 5.23. The summed E-state index contributed by atoms with van der Waals surface area (Å²) in [6, 6.07) is 8.06. The van der Waals surface area contributed by atoms with Gasteiger partial charge in [0.1, 0.15) is 5.01 Å². The number of nitrogens with one attached hydrogen (secondary N) is 1. The first-order valence-electron chi connectivity index (χ1n) is 7.91. The van der Waals surface area contributed by atoms with E-state index in [9.17, 15) is 4.79 Å². The molecule has 0 saturated heterocycles. The standard InChI is InChI=1S/C16H19N5OS2/c1-3-9-21-12-8-6-5-7-11(12)17-16(21)23-10-13(22)18-15-20-19-14(4-2)24-15/h5-8H,3-4,9-10H2,1-2H3,(H,18,20,22). The number of anilines is 1. The van der Waals surface area contributed by atoms with Crippen molar-refractivity contribution in [3.8, 4) is 0 Å². The molecule has 2 aromatic heterocycles. The Labute approximate surface area is 148 Å². The van der Waals surface area contributed by atoms with Crippen LogP contribution in [0.25, 0.3) is 11.0 Å². The smallest absolute Gasteiger partial charge is 0.236 e. The van der Waals surface area contributed by atoms with E-state index in [0.29, 0.717) is 10.9 Å². The van der Waals surface area contributed by atoms with Crippen LogP contribution in [0.5, 0.6) is 0 Å². The lowest BCUT2D eigenvalue weighted by atomic mass is 10.3. The molecule has 24 heavy (non-hydrogen) atoms. The van der Waals surface area contributed by atoms with Crippen molar-refractivity contribution >= 4 is 45.2 Å². The number of hydrogen-bond acceptors (Lipinski definition) is 6. The molecule has 0 unspecified atom stereocenters. The van der Waals surface area contributed by atoms with Crippen LogP contribution in [0.4, 0.5) is 5.13 Å². The molecule has 0 aliphatic carbocycles. The highest BCUT2D eigenvalue weighted by Gasteiger charge is 2.13. The minimum Gasteiger partial charge on any atom is -0.319 e. The molecule has 1 amide bonds. The number of aryl methyl sites for hydroxylation is 2. The summed E-state index contributed by atoms with van der Waals surface area (Å²) < 4.78 is 2.17. The van der Waals surface area contributed by atoms with Crippen LogP contribution in [0.15, 0.2) is 29.4 Å². The molecule has 0 spiro atoms. The first-order chi connectivity index (χ1) is 11.7. The number of thioether (sulfide) groups is 1. The summed E-state index contributed by atoms with van der Waals surface area (Å²) in [5.74, 6) is 0.211. The highest BCUT2D eigenvalue weighted by molar-refractivity contribution is 7.99. The number of rotatable bonds is 7. The predicted molar refractivity (Wildman–Crippen MR) is 98.7 cm³/mol. The topological polar surface area (TPSA) is 72.7 Å². The van der Waals surface area contributed by atoms with Gasteiger partial charge in [-0.3, -0.25) is 10.1 Å². The van der Waals surface area contributed by atoms with Gasteiger partial charge in [-0.25, -0.2) is 4.98 Å². The maximum Gasteiger partial charge on any atom is 0.236 e. The summed E-state index contributed by atoms with van der Waals surface area (Å²) in [4.78, 5) is 16.8. The fourth-order valence-electron chi connectivity index (χ4n) is 2.34. The third kappa shape index (κ3) is 3.76. The van der Waals surface area contributed by atoms with E-state index >= 15 is 0 Å². The van der Waals surface area contributed by atoms with Crippen molar-refractivity contribution in [2.75, 3.05) is 11.1 Å². The quantitative estimate of drug-likeness (QED) is 0.651. The molecular weight excluding hydrogens is 342 g/mol. The van der Waals surface area contributed by atoms with Gasteiger partial charge in [0.15, 0.2) is 5.16 Å². The predicted octanol–water partition coefficient (Wildman–Crippen LogP) is 3.59. The molecule has 0 atom stereocenters. The normalized spacial score (nSPS) is 11.1. The SMILES string of the molecule is CCCn1c(SCC(=O)Nc2nnc(CC)s2)nc2ccccc21. The number of amides is 1. The van der Waals surface area contributed by atoms with Gasteiger partial charge in [-0.2, -0.15) is 0 Å². The number of aromatic nitrogens is 4. The number of para-hydroxylation sites is 2. The third-order valence-corrected chi connectivity index (χ3v) is 5.37. The molecular formula is C16H19N5OS2. The molecule has 0 radical (unpaired) electrons. The summed E-state index contributed by atoms with van der Waals surface area (Å²) in [5, 5.41) is 13.1. The molecule has 0 fully saturated rings. The number of carbonyl (C=O) groups excluding carboxylic acids is 1. The van der Waals surface area contributed by atoms with Crippen molar-refractivity contribution in [3.05, 3.63) is 29.3 Å². The van der Waals surface area contributed by atoms with Crippen molar-refractivity contribution in [1.29, 1.82) is 0 Å². The molecule has 0 saturated carbocycles. The molecule has 3 aromatic rings. The lowest BCUT2D eigenvalue weighted by molar-refractivity contribution is -0.113. The zero-order valence-electron chi connectivity index (χ0n) is 13.7. The fourth-order valence-corrected chi connectivity index (χ4v) is 3.87. The van der Waals surface area contributed by atoms with Gasteiger partial charge in [-0.15, -0.1) is 10.2 Å². The summed E-state index contributed by atoms with van der Waals surface area (Å²) >= 11 is 2.86. The first kappa shape index (κ1) is 16.9. The Morgan fingerprint density at radius 1 is 1.29 bits per heavy atom. The minimum atomic E-state index is -0.0890. The summed E-state index contributed by atoms with van der Waals surface area (Å²) in [6.45, 7) is 5.04. The van der Waals surface area contributed by atoms with E-state index in [1.807, 2.05) is 25.1 Å². The van der Waals surface area contributed by atoms with Crippen LogP contribution in [0, 0.1) is 0 Å². The summed E-state index contributed by atoms with van der Waals surface area (Å²) in [6.07, 6.45) is 1.84. The van der Waals surface area contributed by atoms with Crippen LogP contribution in [-0.4, -0.2) is 31.4 Å². The lowest BCUT2D eigenvalue weighted by Crippen LogP contribution is -2.14. The molecule has 126 valence electrons. The summed E-state index contributed by atoms with van der Waals surface area (Å²) in [7, 11) is 0. The van der Waals surface area contributed by atoms with E-state index in [1.165, 1.54) is 23.1 Å². The van der Waals surface area contributed by atoms with Gasteiger partial charge in [0.25, 0.3) is 0 Å². The number of hydrogen-bond donors (Lipinski definition) is 1. The van der Waals surface area contributed by atoms with Crippen molar-refractivity contribution in [3.63, 3.8) is 0 Å². The lowest BCUT2D eigenvalue weighted by Gasteiger charge is -2.06. The molecule has 0 bridgehead atoms. The van der Waals surface area contributed by atoms with E-state index in [-0.39, 0.29) is 5.91 Å². The Morgan fingerprint density at radius 2 is 2.12 bits per heavy atom. The number of imidazole rings is 1. The highest BCUT2D eigenvalue weighted by Crippen LogP contribution is 2.25. The molecule has 6 nitrogen and oxygen atoms in total. The summed E-state index contributed by atoms with van der Waals surface area (Å²) in [5.41, 5.74) is 2.07. The average molecular weight is 361 g/mol. The molecule has 1 aromatic carbocycles. The van der Waals surface area contributed by atoms with Crippen LogP contribution < -0.4 is 5.32 Å². The van der Waals surface area contributed by atoms with Crippen LogP contribution >= 0.6 is 23.1 Å². The number of carbonyl (C=O) groups is 1. The van der Waals surface area contributed by atoms with Crippen LogP contribution in [-0.2, 0) is 17.8 Å². The van der Waals surface area contributed by atoms with Gasteiger partial charge in [-0.1, -0.05) is 49.1 Å². The zero-order chi connectivity index (χ0) is 16.9. The number of nitrogens with zero attached hydrogens (tertiary/aromatic N) is 4. The van der Waals surface area contributed by atoms with Crippen molar-refractivity contribution in [1.82, 2.24) is 19.7 Å². The second kappa shape index (κ2) is 7.76. The van der Waals surface area contributed by atoms with Crippen molar-refractivity contribution in [2.45, 2.75) is 38.4 Å². The van der Waals surface area contributed by atoms with E-state index < -0.39 is 0 Å². The Kier molecular flexibility index (Phi) is 5.47. The molecule has 1 N–H and O–H groups in total. The first-order valence-corrected chi connectivity index (χ1v) is 9.71. The van der Waals surface area contributed by atoms with Gasteiger partial charge in [0.05, 0.1) is 16.8 Å². The molecule has 3 rings (SSSR count). The fraction of sp³-hybridized carbons (Fsp3) is 0.375. The molecule has 2 heterocycles. The second-order valence-corrected chi connectivity index (χ2v) is 7.23. The van der Waals surface area contributed by atoms with Crippen LogP contribution in [0.3, 0.4) is 0 Å². The van der Waals surface area contributed by atoms with Gasteiger partial charge in [-0.05, 0) is 25.0 Å². The maximum absolute atomic E-state index is 12.1. The largest absolute Gasteiger partial charge is 0.319 e. The van der Waals surface area contributed by atoms with Crippen LogP contribution in [0.1, 0.15) is 25.3 Å². The van der Waals surface area contributed by atoms with Gasteiger partial charge in [0.2, 0.25) is 11.0 Å². The molecule has 8 heteroatoms. The number of benzene rings is 1. The monoisotopic (exact) mass is 361 g/mol. The van der Waals surface area contributed by atoms with Gasteiger partial charge >= 0.3 is 0 Å². The Bertz CT molecular complexity index is 842. The Hall–Kier alpha value is -1.93. The zero-order valence-corrected chi connectivity index (χ0v) is 15.3. The number of fused-ring (bicyclic) bond motifs is 1. The third-order valence-electron chi connectivity index (χ3n) is 3.41. The van der Waals surface area contributed by atoms with Gasteiger partial charge in [0, 0.05) is 6.54 Å². The van der Waals surface area contributed by atoms with E-state index in [0.717, 1.165) is 40.6 Å². The van der Waals surface area contributed by atoms with Crippen LogP contribution in [0.2, 0.25) is 0 Å². The Balaban J connectivity index is 1.68. The highest BCUT2D eigenvalue weighted by atomic mass is 32.2. The molecule has 0 aliphatic heterocycles. The Morgan fingerprint density at radius 3 is 2.88 bits per heavy atom. The van der Waals surface area contributed by atoms with E-state index in [2.05, 4.69) is 38.1 Å². The van der Waals surface area contributed by atoms with E-state index in [1.54, 1.807) is 0 Å². The maximum atomic E-state index is 12.1.